The minimum absolute atomic E-state index is 0.136. The van der Waals surface area contributed by atoms with Crippen LogP contribution in [0.3, 0.4) is 0 Å². The summed E-state index contributed by atoms with van der Waals surface area (Å²) >= 11 is 12.4. The van der Waals surface area contributed by atoms with E-state index in [0.29, 0.717) is 25.7 Å². The summed E-state index contributed by atoms with van der Waals surface area (Å²) in [5.74, 6) is 0.264. The van der Waals surface area contributed by atoms with E-state index in [9.17, 15) is 9.59 Å². The molecule has 0 aliphatic carbocycles. The molecule has 0 atom stereocenters. The minimum atomic E-state index is -0.208. The van der Waals surface area contributed by atoms with Gasteiger partial charge < -0.3 is 10.1 Å². The maximum atomic E-state index is 12.7. The largest absolute Gasteiger partial charge is 0.496 e. The molecule has 1 aliphatic rings. The van der Waals surface area contributed by atoms with Gasteiger partial charge in [-0.05, 0) is 36.4 Å². The highest BCUT2D eigenvalue weighted by molar-refractivity contribution is 8.26. The number of hydrogen-bond acceptors (Lipinski definition) is 5. The molecule has 0 saturated carbocycles. The number of thioether (sulfide) groups is 1. The molecule has 1 aliphatic heterocycles. The molecular formula is C20H17ClN2O3S2. The number of amides is 2. The van der Waals surface area contributed by atoms with E-state index in [1.165, 1.54) is 16.7 Å². The van der Waals surface area contributed by atoms with Crippen molar-refractivity contribution in [3.05, 3.63) is 64.0 Å². The molecule has 0 unspecified atom stereocenters. The molecule has 8 heteroatoms. The molecule has 144 valence electrons. The number of carbonyl (C=O) groups excluding carboxylic acids is 2. The molecule has 2 aromatic rings. The van der Waals surface area contributed by atoms with Crippen molar-refractivity contribution in [1.29, 1.82) is 0 Å². The summed E-state index contributed by atoms with van der Waals surface area (Å²) in [6.07, 6.45) is 1.89. The lowest BCUT2D eigenvalue weighted by atomic mass is 10.2. The van der Waals surface area contributed by atoms with Gasteiger partial charge in [0.1, 0.15) is 10.1 Å². The number of ether oxygens (including phenoxy) is 1. The van der Waals surface area contributed by atoms with Crippen LogP contribution in [0.15, 0.2) is 53.4 Å². The number of rotatable bonds is 6. The monoisotopic (exact) mass is 432 g/mol. The van der Waals surface area contributed by atoms with Crippen LogP contribution in [0.2, 0.25) is 5.02 Å². The number of benzene rings is 2. The second kappa shape index (κ2) is 9.23. The summed E-state index contributed by atoms with van der Waals surface area (Å²) in [5.41, 5.74) is 1.45. The zero-order chi connectivity index (χ0) is 20.1. The van der Waals surface area contributed by atoms with Crippen molar-refractivity contribution in [3.63, 3.8) is 0 Å². The number of hydrogen-bond donors (Lipinski definition) is 1. The van der Waals surface area contributed by atoms with E-state index in [4.69, 9.17) is 28.6 Å². The molecule has 3 rings (SSSR count). The summed E-state index contributed by atoms with van der Waals surface area (Å²) < 4.78 is 5.75. The van der Waals surface area contributed by atoms with Crippen molar-refractivity contribution < 1.29 is 14.3 Å². The van der Waals surface area contributed by atoms with E-state index in [1.54, 1.807) is 37.5 Å². The van der Waals surface area contributed by atoms with E-state index in [-0.39, 0.29) is 24.8 Å². The minimum Gasteiger partial charge on any atom is -0.496 e. The van der Waals surface area contributed by atoms with Gasteiger partial charge in [-0.2, -0.15) is 0 Å². The molecule has 0 spiro atoms. The summed E-state index contributed by atoms with van der Waals surface area (Å²) in [4.78, 5) is 26.8. The first-order chi connectivity index (χ1) is 13.5. The second-order valence-corrected chi connectivity index (χ2v) is 7.99. The highest BCUT2D eigenvalue weighted by Crippen LogP contribution is 2.34. The lowest BCUT2D eigenvalue weighted by Gasteiger charge is -2.14. The number of para-hydroxylation sites is 1. The smallest absolute Gasteiger partial charge is 0.266 e. The van der Waals surface area contributed by atoms with Crippen molar-refractivity contribution in [1.82, 2.24) is 4.90 Å². The normalized spacial score (nSPS) is 15.2. The van der Waals surface area contributed by atoms with Gasteiger partial charge in [-0.25, -0.2) is 0 Å². The molecule has 1 heterocycles. The number of carbonyl (C=O) groups is 2. The third kappa shape index (κ3) is 4.92. The summed E-state index contributed by atoms with van der Waals surface area (Å²) in [7, 11) is 1.58. The summed E-state index contributed by atoms with van der Waals surface area (Å²) in [6, 6.07) is 14.3. The SMILES string of the molecule is COc1ccccc1C=C1SC(=S)N(CCC(=O)Nc2ccc(Cl)cc2)C1=O. The fourth-order valence-electron chi connectivity index (χ4n) is 2.59. The molecule has 0 bridgehead atoms. The molecular weight excluding hydrogens is 416 g/mol. The van der Waals surface area contributed by atoms with E-state index < -0.39 is 0 Å². The van der Waals surface area contributed by atoms with Gasteiger partial charge in [-0.1, -0.05) is 53.8 Å². The Bertz CT molecular complexity index is 945. The molecule has 1 fully saturated rings. The molecule has 1 saturated heterocycles. The Kier molecular flexibility index (Phi) is 6.72. The lowest BCUT2D eigenvalue weighted by molar-refractivity contribution is -0.122. The van der Waals surface area contributed by atoms with Crippen molar-refractivity contribution >= 4 is 63.5 Å². The highest BCUT2D eigenvalue weighted by Gasteiger charge is 2.32. The van der Waals surface area contributed by atoms with Crippen LogP contribution in [0.4, 0.5) is 5.69 Å². The Morgan fingerprint density at radius 1 is 1.25 bits per heavy atom. The molecule has 28 heavy (non-hydrogen) atoms. The van der Waals surface area contributed by atoms with Crippen LogP contribution in [-0.2, 0) is 9.59 Å². The van der Waals surface area contributed by atoms with E-state index in [0.717, 1.165) is 5.56 Å². The summed E-state index contributed by atoms with van der Waals surface area (Å²) in [6.45, 7) is 0.216. The fraction of sp³-hybridized carbons (Fsp3) is 0.150. The van der Waals surface area contributed by atoms with Gasteiger partial charge in [0.2, 0.25) is 5.91 Å². The van der Waals surface area contributed by atoms with Crippen molar-refractivity contribution in [2.45, 2.75) is 6.42 Å². The van der Waals surface area contributed by atoms with Gasteiger partial charge in [-0.3, -0.25) is 14.5 Å². The van der Waals surface area contributed by atoms with Crippen LogP contribution in [0.5, 0.6) is 5.75 Å². The van der Waals surface area contributed by atoms with Gasteiger partial charge >= 0.3 is 0 Å². The Morgan fingerprint density at radius 2 is 1.96 bits per heavy atom. The Balaban J connectivity index is 1.63. The van der Waals surface area contributed by atoms with Gasteiger partial charge in [-0.15, -0.1) is 0 Å². The molecule has 1 N–H and O–H groups in total. The number of nitrogens with one attached hydrogen (secondary N) is 1. The van der Waals surface area contributed by atoms with Crippen molar-refractivity contribution in [3.8, 4) is 5.75 Å². The second-order valence-electron chi connectivity index (χ2n) is 5.88. The van der Waals surface area contributed by atoms with Crippen molar-refractivity contribution in [2.24, 2.45) is 0 Å². The Morgan fingerprint density at radius 3 is 2.68 bits per heavy atom. The standard InChI is InChI=1S/C20H17ClN2O3S2/c1-26-16-5-3-2-4-13(16)12-17-19(25)23(20(27)28-17)11-10-18(24)22-15-8-6-14(21)7-9-15/h2-9,12H,10-11H2,1H3,(H,22,24). The number of anilines is 1. The zero-order valence-electron chi connectivity index (χ0n) is 15.0. The van der Waals surface area contributed by atoms with Crippen LogP contribution in [0, 0.1) is 0 Å². The maximum Gasteiger partial charge on any atom is 0.266 e. The molecule has 0 radical (unpaired) electrons. The number of thiocarbonyl (C=S) groups is 1. The van der Waals surface area contributed by atoms with E-state index in [2.05, 4.69) is 5.32 Å². The first kappa shape index (κ1) is 20.4. The average Bonchev–Trinajstić information content (AvgIpc) is 2.95. The lowest BCUT2D eigenvalue weighted by Crippen LogP contribution is -2.31. The Labute approximate surface area is 177 Å². The van der Waals surface area contributed by atoms with Crippen LogP contribution >= 0.6 is 35.6 Å². The molecule has 2 aromatic carbocycles. The van der Waals surface area contributed by atoms with Crippen LogP contribution in [-0.4, -0.2) is 34.7 Å². The third-order valence-electron chi connectivity index (χ3n) is 3.99. The first-order valence-corrected chi connectivity index (χ1v) is 10.0. The quantitative estimate of drug-likeness (QED) is 0.535. The number of methoxy groups -OCH3 is 1. The van der Waals surface area contributed by atoms with Crippen molar-refractivity contribution in [2.75, 3.05) is 19.0 Å². The predicted molar refractivity (Wildman–Crippen MR) is 118 cm³/mol. The topological polar surface area (TPSA) is 58.6 Å². The predicted octanol–water partition coefficient (Wildman–Crippen LogP) is 4.58. The van der Waals surface area contributed by atoms with Crippen LogP contribution < -0.4 is 10.1 Å². The maximum absolute atomic E-state index is 12.7. The average molecular weight is 433 g/mol. The van der Waals surface area contributed by atoms with Gasteiger partial charge in [0.15, 0.2) is 0 Å². The van der Waals surface area contributed by atoms with E-state index >= 15 is 0 Å². The van der Waals surface area contributed by atoms with Gasteiger partial charge in [0.25, 0.3) is 5.91 Å². The summed E-state index contributed by atoms with van der Waals surface area (Å²) in [5, 5.41) is 3.37. The number of nitrogens with zero attached hydrogens (tertiary/aromatic N) is 1. The molecule has 2 amide bonds. The molecule has 0 aromatic heterocycles. The zero-order valence-corrected chi connectivity index (χ0v) is 17.4. The van der Waals surface area contributed by atoms with E-state index in [1.807, 2.05) is 24.3 Å². The Hall–Kier alpha value is -2.35. The van der Waals surface area contributed by atoms with Crippen LogP contribution in [0.1, 0.15) is 12.0 Å². The van der Waals surface area contributed by atoms with Gasteiger partial charge in [0.05, 0.1) is 12.0 Å². The van der Waals surface area contributed by atoms with Gasteiger partial charge in [0, 0.05) is 29.2 Å². The first-order valence-electron chi connectivity index (χ1n) is 8.42. The highest BCUT2D eigenvalue weighted by atomic mass is 35.5. The fourth-order valence-corrected chi connectivity index (χ4v) is 4.02. The van der Waals surface area contributed by atoms with Crippen LogP contribution in [0.25, 0.3) is 6.08 Å². The molecule has 5 nitrogen and oxygen atoms in total. The third-order valence-corrected chi connectivity index (χ3v) is 5.62. The number of halogens is 1.